The third-order valence-electron chi connectivity index (χ3n) is 2.43. The molecule has 2 rings (SSSR count). The average molecular weight is 222 g/mol. The quantitative estimate of drug-likeness (QED) is 0.635. The second kappa shape index (κ2) is 5.06. The van der Waals surface area contributed by atoms with Gasteiger partial charge in [-0.1, -0.05) is 30.3 Å². The summed E-state index contributed by atoms with van der Waals surface area (Å²) in [7, 11) is 0. The highest BCUT2D eigenvalue weighted by Gasteiger charge is 2.07. The van der Waals surface area contributed by atoms with Gasteiger partial charge in [0.1, 0.15) is 0 Å². The maximum Gasteiger partial charge on any atom is 0.243 e. The lowest BCUT2D eigenvalue weighted by Gasteiger charge is -2.02. The fraction of sp³-hybridized carbons (Fsp3) is 0. The van der Waals surface area contributed by atoms with Crippen molar-refractivity contribution >= 4 is 11.5 Å². The molecule has 2 nitrogen and oxygen atoms in total. The Morgan fingerprint density at radius 3 is 2.12 bits per heavy atom. The van der Waals surface area contributed by atoms with Gasteiger partial charge in [0.2, 0.25) is 12.8 Å². The van der Waals surface area contributed by atoms with Gasteiger partial charge in [0.05, 0.1) is 0 Å². The molecule has 0 unspecified atom stereocenters. The summed E-state index contributed by atoms with van der Waals surface area (Å²) in [5.41, 5.74) is 2.22. The SMILES string of the molecule is [CH+]=CNc1ccc(C(=O)c2ccccc2)cc1. The van der Waals surface area contributed by atoms with Gasteiger partial charge in [-0.05, 0) is 24.3 Å². The van der Waals surface area contributed by atoms with Gasteiger partial charge < -0.3 is 5.32 Å². The Morgan fingerprint density at radius 1 is 0.941 bits per heavy atom. The zero-order valence-corrected chi connectivity index (χ0v) is 9.26. The van der Waals surface area contributed by atoms with Crippen LogP contribution in [-0.2, 0) is 0 Å². The van der Waals surface area contributed by atoms with Crippen LogP contribution in [0.4, 0.5) is 5.69 Å². The van der Waals surface area contributed by atoms with Crippen LogP contribution in [0.2, 0.25) is 0 Å². The zero-order valence-electron chi connectivity index (χ0n) is 9.26. The Bertz CT molecular complexity index is 514. The van der Waals surface area contributed by atoms with E-state index >= 15 is 0 Å². The Kier molecular flexibility index (Phi) is 3.29. The summed E-state index contributed by atoms with van der Waals surface area (Å²) < 4.78 is 0. The summed E-state index contributed by atoms with van der Waals surface area (Å²) in [5, 5.41) is 2.85. The minimum absolute atomic E-state index is 0.0221. The molecule has 0 amide bonds. The lowest BCUT2D eigenvalue weighted by molar-refractivity contribution is 0.103. The van der Waals surface area contributed by atoms with E-state index in [9.17, 15) is 4.79 Å². The van der Waals surface area contributed by atoms with Gasteiger partial charge in [0.25, 0.3) is 0 Å². The van der Waals surface area contributed by atoms with E-state index < -0.39 is 0 Å². The molecule has 0 radical (unpaired) electrons. The molecule has 82 valence electrons. The number of rotatable bonds is 4. The van der Waals surface area contributed by atoms with Crippen LogP contribution in [0.25, 0.3) is 0 Å². The molecule has 0 heterocycles. The number of benzene rings is 2. The van der Waals surface area contributed by atoms with Crippen molar-refractivity contribution in [2.24, 2.45) is 0 Å². The monoisotopic (exact) mass is 222 g/mol. The van der Waals surface area contributed by atoms with E-state index in [-0.39, 0.29) is 5.78 Å². The Hall–Kier alpha value is -2.44. The smallest absolute Gasteiger partial charge is 0.243 e. The van der Waals surface area contributed by atoms with Crippen molar-refractivity contribution in [2.75, 3.05) is 5.32 Å². The van der Waals surface area contributed by atoms with Crippen LogP contribution in [0.15, 0.2) is 60.8 Å². The standard InChI is InChI=1S/C15H11NO/c1-2-16-14-10-8-13(9-11-14)15(17)12-6-4-3-5-7-12/h1-11H/p+1. The molecule has 17 heavy (non-hydrogen) atoms. The van der Waals surface area contributed by atoms with Gasteiger partial charge in [0.15, 0.2) is 5.78 Å². The molecule has 0 aliphatic carbocycles. The van der Waals surface area contributed by atoms with Gasteiger partial charge >= 0.3 is 0 Å². The first-order valence-electron chi connectivity index (χ1n) is 5.31. The van der Waals surface area contributed by atoms with E-state index in [1.54, 1.807) is 12.1 Å². The number of anilines is 1. The average Bonchev–Trinajstić information content (AvgIpc) is 2.40. The van der Waals surface area contributed by atoms with Gasteiger partial charge in [-0.2, -0.15) is 0 Å². The molecule has 0 aromatic heterocycles. The molecule has 0 fully saturated rings. The third kappa shape index (κ3) is 2.57. The van der Waals surface area contributed by atoms with Crippen LogP contribution in [0.3, 0.4) is 0 Å². The summed E-state index contributed by atoms with van der Waals surface area (Å²) in [4.78, 5) is 12.1. The minimum Gasteiger partial charge on any atom is -0.318 e. The summed E-state index contributed by atoms with van der Waals surface area (Å²) in [6, 6.07) is 16.4. The Morgan fingerprint density at radius 2 is 1.53 bits per heavy atom. The number of hydrogen-bond donors (Lipinski definition) is 1. The highest BCUT2D eigenvalue weighted by atomic mass is 16.1. The number of carbonyl (C=O) groups excluding carboxylic acids is 1. The zero-order chi connectivity index (χ0) is 12.1. The molecule has 0 saturated heterocycles. The highest BCUT2D eigenvalue weighted by molar-refractivity contribution is 6.09. The van der Waals surface area contributed by atoms with Crippen molar-refractivity contribution < 1.29 is 4.79 Å². The summed E-state index contributed by atoms with van der Waals surface area (Å²) >= 11 is 0. The maximum absolute atomic E-state index is 12.1. The largest absolute Gasteiger partial charge is 0.318 e. The van der Waals surface area contributed by atoms with Gasteiger partial charge in [-0.3, -0.25) is 4.79 Å². The van der Waals surface area contributed by atoms with E-state index in [1.807, 2.05) is 42.5 Å². The maximum atomic E-state index is 12.1. The molecule has 0 saturated carbocycles. The molecule has 0 bridgehead atoms. The lowest BCUT2D eigenvalue weighted by Crippen LogP contribution is -2.00. The van der Waals surface area contributed by atoms with E-state index in [1.165, 1.54) is 6.20 Å². The van der Waals surface area contributed by atoms with Gasteiger partial charge in [-0.25, -0.2) is 0 Å². The predicted molar refractivity (Wildman–Crippen MR) is 68.8 cm³/mol. The fourth-order valence-electron chi connectivity index (χ4n) is 1.57. The normalized spacial score (nSPS) is 9.59. The van der Waals surface area contributed by atoms with E-state index in [2.05, 4.69) is 5.32 Å². The molecule has 2 aromatic rings. The molecule has 2 aromatic carbocycles. The van der Waals surface area contributed by atoms with Crippen LogP contribution in [0.5, 0.6) is 0 Å². The van der Waals surface area contributed by atoms with Crippen molar-refractivity contribution in [1.82, 2.24) is 0 Å². The molecule has 0 spiro atoms. The highest BCUT2D eigenvalue weighted by Crippen LogP contribution is 2.13. The molecular weight excluding hydrogens is 210 g/mol. The summed E-state index contributed by atoms with van der Waals surface area (Å²) in [6.45, 7) is 5.25. The van der Waals surface area contributed by atoms with Crippen LogP contribution >= 0.6 is 0 Å². The van der Waals surface area contributed by atoms with Gasteiger partial charge in [0, 0.05) is 16.8 Å². The van der Waals surface area contributed by atoms with Crippen molar-refractivity contribution in [3.63, 3.8) is 0 Å². The second-order valence-electron chi connectivity index (χ2n) is 3.58. The lowest BCUT2D eigenvalue weighted by atomic mass is 10.0. The first-order valence-corrected chi connectivity index (χ1v) is 5.31. The van der Waals surface area contributed by atoms with Crippen molar-refractivity contribution in [2.45, 2.75) is 0 Å². The van der Waals surface area contributed by atoms with Crippen LogP contribution < -0.4 is 5.32 Å². The van der Waals surface area contributed by atoms with Crippen molar-refractivity contribution in [3.05, 3.63) is 78.5 Å². The van der Waals surface area contributed by atoms with Crippen LogP contribution in [-0.4, -0.2) is 5.78 Å². The Labute approximate surface area is 101 Å². The summed E-state index contributed by atoms with van der Waals surface area (Å²) in [6.07, 6.45) is 1.36. The van der Waals surface area contributed by atoms with E-state index in [0.717, 1.165) is 5.69 Å². The number of carbonyl (C=O) groups is 1. The van der Waals surface area contributed by atoms with Gasteiger partial charge in [-0.15, -0.1) is 0 Å². The van der Waals surface area contributed by atoms with Crippen LogP contribution in [0, 0.1) is 6.58 Å². The first-order chi connectivity index (χ1) is 8.31. The van der Waals surface area contributed by atoms with Crippen LogP contribution in [0.1, 0.15) is 15.9 Å². The number of nitrogens with one attached hydrogen (secondary N) is 1. The fourth-order valence-corrected chi connectivity index (χ4v) is 1.57. The minimum atomic E-state index is 0.0221. The molecule has 0 aliphatic heterocycles. The third-order valence-corrected chi connectivity index (χ3v) is 2.43. The van der Waals surface area contributed by atoms with Crippen molar-refractivity contribution in [3.8, 4) is 0 Å². The summed E-state index contributed by atoms with van der Waals surface area (Å²) in [5.74, 6) is 0.0221. The number of ketones is 1. The topological polar surface area (TPSA) is 29.1 Å². The molecule has 1 N–H and O–H groups in total. The molecule has 2 heteroatoms. The molecule has 0 aliphatic rings. The second-order valence-corrected chi connectivity index (χ2v) is 3.58. The molecule has 0 atom stereocenters. The Balaban J connectivity index is 2.23. The van der Waals surface area contributed by atoms with E-state index in [0.29, 0.717) is 11.1 Å². The number of hydrogen-bond acceptors (Lipinski definition) is 2. The molecular formula is C15H12NO+. The first kappa shape index (κ1) is 11.1. The van der Waals surface area contributed by atoms with Crippen molar-refractivity contribution in [1.29, 1.82) is 0 Å². The van der Waals surface area contributed by atoms with E-state index in [4.69, 9.17) is 6.58 Å². The predicted octanol–water partition coefficient (Wildman–Crippen LogP) is 3.28.